The number of phenolic OH excluding ortho intramolecular Hbond substituents is 1. The van der Waals surface area contributed by atoms with E-state index in [1.54, 1.807) is 26.0 Å². The van der Waals surface area contributed by atoms with Crippen molar-refractivity contribution < 1.29 is 34.5 Å². The molecule has 1 rings (SSSR count). The van der Waals surface area contributed by atoms with E-state index in [0.29, 0.717) is 17.7 Å². The number of rotatable bonds is 14. The first-order valence-corrected chi connectivity index (χ1v) is 12.2. The maximum absolute atomic E-state index is 12.9. The molecule has 0 saturated heterocycles. The Labute approximate surface area is 202 Å². The van der Waals surface area contributed by atoms with Gasteiger partial charge in [-0.05, 0) is 42.0 Å². The predicted octanol–water partition coefficient (Wildman–Crippen LogP) is -0.798. The molecule has 1 aromatic carbocycles. The summed E-state index contributed by atoms with van der Waals surface area (Å²) >= 11 is 1.51. The van der Waals surface area contributed by atoms with Crippen molar-refractivity contribution in [1.82, 2.24) is 16.0 Å². The van der Waals surface area contributed by atoms with E-state index in [2.05, 4.69) is 16.0 Å². The molecule has 0 radical (unpaired) electrons. The minimum absolute atomic E-state index is 0.0143. The highest BCUT2D eigenvalue weighted by Crippen LogP contribution is 2.12. The van der Waals surface area contributed by atoms with Crippen molar-refractivity contribution in [2.24, 2.45) is 11.7 Å². The molecular weight excluding hydrogens is 464 g/mol. The fourth-order valence-electron chi connectivity index (χ4n) is 2.97. The van der Waals surface area contributed by atoms with Gasteiger partial charge in [0, 0.05) is 6.42 Å². The van der Waals surface area contributed by atoms with Crippen molar-refractivity contribution in [3.63, 3.8) is 0 Å². The third kappa shape index (κ3) is 9.57. The number of carbonyl (C=O) groups excluding carboxylic acids is 3. The number of hydrogen-bond acceptors (Lipinski definition) is 8. The molecule has 190 valence electrons. The van der Waals surface area contributed by atoms with Gasteiger partial charge in [0.25, 0.3) is 0 Å². The molecule has 3 amide bonds. The molecule has 0 saturated carbocycles. The Balaban J connectivity index is 3.02. The lowest BCUT2D eigenvalue weighted by atomic mass is 10.0. The molecule has 4 unspecified atom stereocenters. The number of carboxylic acids is 1. The number of thioether (sulfide) groups is 1. The number of nitrogens with two attached hydrogens (primary N) is 1. The highest BCUT2D eigenvalue weighted by Gasteiger charge is 2.31. The first kappa shape index (κ1) is 29.2. The minimum atomic E-state index is -1.36. The van der Waals surface area contributed by atoms with Crippen molar-refractivity contribution >= 4 is 35.5 Å². The molecular formula is C22H34N4O7S. The zero-order valence-corrected chi connectivity index (χ0v) is 20.3. The molecule has 1 aromatic rings. The van der Waals surface area contributed by atoms with Crippen molar-refractivity contribution in [2.45, 2.75) is 50.9 Å². The number of amides is 3. The molecule has 12 heteroatoms. The van der Waals surface area contributed by atoms with Crippen LogP contribution in [0.3, 0.4) is 0 Å². The molecule has 0 fully saturated rings. The monoisotopic (exact) mass is 498 g/mol. The lowest BCUT2D eigenvalue weighted by Crippen LogP contribution is -2.59. The number of carbonyl (C=O) groups is 4. The van der Waals surface area contributed by atoms with Crippen LogP contribution in [0.2, 0.25) is 0 Å². The van der Waals surface area contributed by atoms with Crippen LogP contribution in [0.5, 0.6) is 5.75 Å². The fraction of sp³-hybridized carbons (Fsp3) is 0.545. The van der Waals surface area contributed by atoms with Crippen LogP contribution < -0.4 is 21.7 Å². The van der Waals surface area contributed by atoms with Crippen molar-refractivity contribution in [1.29, 1.82) is 0 Å². The number of aliphatic hydroxyl groups is 1. The Morgan fingerprint density at radius 3 is 2.03 bits per heavy atom. The topological polar surface area (TPSA) is 191 Å². The van der Waals surface area contributed by atoms with Gasteiger partial charge in [-0.2, -0.15) is 11.8 Å². The number of hydrogen-bond donors (Lipinski definition) is 7. The third-order valence-corrected chi connectivity index (χ3v) is 5.67. The Morgan fingerprint density at radius 1 is 0.971 bits per heavy atom. The van der Waals surface area contributed by atoms with E-state index in [1.165, 1.54) is 23.9 Å². The zero-order chi connectivity index (χ0) is 25.8. The summed E-state index contributed by atoms with van der Waals surface area (Å²) in [6, 6.07) is 1.29. The second-order valence-corrected chi connectivity index (χ2v) is 9.12. The molecule has 0 heterocycles. The molecule has 0 bridgehead atoms. The van der Waals surface area contributed by atoms with Crippen LogP contribution >= 0.6 is 11.8 Å². The predicted molar refractivity (Wildman–Crippen MR) is 128 cm³/mol. The highest BCUT2D eigenvalue weighted by atomic mass is 32.2. The molecule has 0 aliphatic heterocycles. The van der Waals surface area contributed by atoms with Crippen LogP contribution in [0.1, 0.15) is 25.8 Å². The average molecular weight is 499 g/mol. The van der Waals surface area contributed by atoms with Crippen LogP contribution in [0, 0.1) is 5.92 Å². The lowest BCUT2D eigenvalue weighted by Gasteiger charge is -2.25. The minimum Gasteiger partial charge on any atom is -0.508 e. The fourth-order valence-corrected chi connectivity index (χ4v) is 3.46. The normalized spacial score (nSPS) is 14.5. The maximum atomic E-state index is 12.9. The van der Waals surface area contributed by atoms with E-state index in [9.17, 15) is 34.5 Å². The summed E-state index contributed by atoms with van der Waals surface area (Å²) in [6.07, 6.45) is 2.22. The Kier molecular flexibility index (Phi) is 12.4. The molecule has 0 spiro atoms. The summed E-state index contributed by atoms with van der Waals surface area (Å²) in [4.78, 5) is 49.5. The number of aliphatic hydroxyl groups excluding tert-OH is 1. The van der Waals surface area contributed by atoms with Crippen LogP contribution in [0.4, 0.5) is 0 Å². The summed E-state index contributed by atoms with van der Waals surface area (Å²) in [5.74, 6) is -3.18. The van der Waals surface area contributed by atoms with Crippen LogP contribution in [0.25, 0.3) is 0 Å². The van der Waals surface area contributed by atoms with Gasteiger partial charge in [-0.25, -0.2) is 4.79 Å². The maximum Gasteiger partial charge on any atom is 0.326 e. The highest BCUT2D eigenvalue weighted by molar-refractivity contribution is 7.98. The van der Waals surface area contributed by atoms with Crippen LogP contribution in [-0.4, -0.2) is 81.8 Å². The van der Waals surface area contributed by atoms with Gasteiger partial charge in [0.15, 0.2) is 0 Å². The molecule has 0 aromatic heterocycles. The van der Waals surface area contributed by atoms with Gasteiger partial charge in [-0.15, -0.1) is 0 Å². The van der Waals surface area contributed by atoms with Crippen LogP contribution in [-0.2, 0) is 25.6 Å². The van der Waals surface area contributed by atoms with E-state index >= 15 is 0 Å². The van der Waals surface area contributed by atoms with Gasteiger partial charge in [-0.1, -0.05) is 26.0 Å². The molecule has 4 atom stereocenters. The van der Waals surface area contributed by atoms with E-state index < -0.39 is 60.4 Å². The van der Waals surface area contributed by atoms with Gasteiger partial charge in [0.2, 0.25) is 17.7 Å². The second kappa shape index (κ2) is 14.4. The van der Waals surface area contributed by atoms with Gasteiger partial charge >= 0.3 is 5.97 Å². The molecule has 34 heavy (non-hydrogen) atoms. The smallest absolute Gasteiger partial charge is 0.326 e. The summed E-state index contributed by atoms with van der Waals surface area (Å²) < 4.78 is 0. The number of aromatic hydroxyl groups is 1. The van der Waals surface area contributed by atoms with Crippen molar-refractivity contribution in [2.75, 3.05) is 18.6 Å². The van der Waals surface area contributed by atoms with E-state index in [-0.39, 0.29) is 12.2 Å². The number of nitrogens with one attached hydrogen (secondary N) is 3. The van der Waals surface area contributed by atoms with Crippen molar-refractivity contribution in [3.05, 3.63) is 29.8 Å². The zero-order valence-electron chi connectivity index (χ0n) is 19.5. The van der Waals surface area contributed by atoms with Gasteiger partial charge in [-0.3, -0.25) is 14.4 Å². The lowest BCUT2D eigenvalue weighted by molar-refractivity contribution is -0.143. The summed E-state index contributed by atoms with van der Waals surface area (Å²) in [5.41, 5.74) is 6.38. The number of aliphatic carboxylic acids is 1. The van der Waals surface area contributed by atoms with Gasteiger partial charge in [0.05, 0.1) is 12.6 Å². The molecule has 0 aliphatic rings. The van der Waals surface area contributed by atoms with Crippen molar-refractivity contribution in [3.8, 4) is 5.75 Å². The second-order valence-electron chi connectivity index (χ2n) is 8.13. The van der Waals surface area contributed by atoms with E-state index in [4.69, 9.17) is 5.73 Å². The SMILES string of the molecule is CSCCC(N)C(=O)NC(CO)C(=O)NC(Cc1ccc(O)cc1)C(=O)NC(C(=O)O)C(C)C. The Bertz CT molecular complexity index is 835. The Hall–Kier alpha value is -2.83. The summed E-state index contributed by atoms with van der Waals surface area (Å²) in [5, 5.41) is 35.8. The molecule has 11 nitrogen and oxygen atoms in total. The largest absolute Gasteiger partial charge is 0.508 e. The standard InChI is InChI=1S/C22H34N4O7S/c1-12(2)18(22(32)33)26-20(30)16(10-13-4-6-14(28)7-5-13)24-21(31)17(11-27)25-19(29)15(23)8-9-34-3/h4-7,12,15-18,27-28H,8-11,23H2,1-3H3,(H,24,31)(H,25,29)(H,26,30)(H,32,33). The number of carboxylic acid groups (broad SMARTS) is 1. The average Bonchev–Trinajstić information content (AvgIpc) is 2.79. The van der Waals surface area contributed by atoms with E-state index in [0.717, 1.165) is 0 Å². The Morgan fingerprint density at radius 2 is 1.53 bits per heavy atom. The van der Waals surface area contributed by atoms with Crippen LogP contribution in [0.15, 0.2) is 24.3 Å². The number of phenols is 1. The van der Waals surface area contributed by atoms with E-state index in [1.807, 2.05) is 6.26 Å². The first-order chi connectivity index (χ1) is 16.0. The summed E-state index contributed by atoms with van der Waals surface area (Å²) in [7, 11) is 0. The van der Waals surface area contributed by atoms with Gasteiger partial charge in [0.1, 0.15) is 23.9 Å². The number of benzene rings is 1. The van der Waals surface area contributed by atoms with Gasteiger partial charge < -0.3 is 37.0 Å². The first-order valence-electron chi connectivity index (χ1n) is 10.8. The quantitative estimate of drug-likeness (QED) is 0.172. The third-order valence-electron chi connectivity index (χ3n) is 5.02. The molecule has 8 N–H and O–H groups in total. The molecule has 0 aliphatic carbocycles. The summed E-state index contributed by atoms with van der Waals surface area (Å²) in [6.45, 7) is 2.53.